The predicted octanol–water partition coefficient (Wildman–Crippen LogP) is 2.46. The Bertz CT molecular complexity index is 474. The number of carbonyl (C=O) groups excluding carboxylic acids is 1. The molecule has 1 aromatic heterocycles. The van der Waals surface area contributed by atoms with Crippen LogP contribution in [0.1, 0.15) is 36.2 Å². The Labute approximate surface area is 132 Å². The molecule has 1 aliphatic heterocycles. The van der Waals surface area contributed by atoms with Crippen LogP contribution in [0.4, 0.5) is 0 Å². The largest absolute Gasteiger partial charge is 0.317 e. The van der Waals surface area contributed by atoms with E-state index in [0.717, 1.165) is 13.0 Å². The van der Waals surface area contributed by atoms with Gasteiger partial charge in [0.15, 0.2) is 0 Å². The number of carbonyl (C=O) groups is 1. The molecule has 0 aromatic carbocycles. The van der Waals surface area contributed by atoms with Gasteiger partial charge in [-0.2, -0.15) is 0 Å². The van der Waals surface area contributed by atoms with Gasteiger partial charge in [-0.25, -0.2) is 0 Å². The normalized spacial score (nSPS) is 20.8. The maximum absolute atomic E-state index is 12.4. The lowest BCUT2D eigenvalue weighted by atomic mass is 10.0. The van der Waals surface area contributed by atoms with Gasteiger partial charge in [0, 0.05) is 22.3 Å². The van der Waals surface area contributed by atoms with Gasteiger partial charge < -0.3 is 9.80 Å². The summed E-state index contributed by atoms with van der Waals surface area (Å²) in [5.41, 5.74) is 0. The first-order chi connectivity index (χ1) is 9.88. The third-order valence-electron chi connectivity index (χ3n) is 3.76. The van der Waals surface area contributed by atoms with Crippen molar-refractivity contribution in [3.05, 3.63) is 21.9 Å². The fourth-order valence-electron chi connectivity index (χ4n) is 3.01. The number of aryl methyl sites for hydroxylation is 1. The van der Waals surface area contributed by atoms with Gasteiger partial charge >= 0.3 is 0 Å². The highest BCUT2D eigenvalue weighted by molar-refractivity contribution is 7.12. The zero-order valence-corrected chi connectivity index (χ0v) is 14.5. The summed E-state index contributed by atoms with van der Waals surface area (Å²) in [6.45, 7) is 7.92. The van der Waals surface area contributed by atoms with E-state index in [1.165, 1.54) is 9.75 Å². The number of likely N-dealkylation sites (N-methyl/N-ethyl adjacent to an activating group) is 1. The quantitative estimate of drug-likeness (QED) is 0.877. The Morgan fingerprint density at radius 1 is 1.43 bits per heavy atom. The maximum Gasteiger partial charge on any atom is 0.238 e. The molecular formula is C16H27N3OS. The number of nitrogens with one attached hydrogen (secondary N) is 1. The molecule has 1 aromatic rings. The second kappa shape index (κ2) is 6.90. The second-order valence-corrected chi connectivity index (χ2v) is 7.90. The molecular weight excluding hydrogens is 282 g/mol. The zero-order valence-electron chi connectivity index (χ0n) is 13.7. The molecule has 0 bridgehead atoms. The molecule has 2 rings (SSSR count). The first-order valence-electron chi connectivity index (χ1n) is 7.64. The van der Waals surface area contributed by atoms with Crippen molar-refractivity contribution in [2.24, 2.45) is 5.92 Å². The minimum Gasteiger partial charge on any atom is -0.317 e. The van der Waals surface area contributed by atoms with Crippen LogP contribution in [0, 0.1) is 12.8 Å². The number of thiophene rings is 1. The third-order valence-corrected chi connectivity index (χ3v) is 4.81. The Kier molecular flexibility index (Phi) is 5.41. The van der Waals surface area contributed by atoms with E-state index in [2.05, 4.69) is 62.1 Å². The summed E-state index contributed by atoms with van der Waals surface area (Å²) in [5.74, 6) is 0.799. The third kappa shape index (κ3) is 4.05. The van der Waals surface area contributed by atoms with Crippen LogP contribution in [0.2, 0.25) is 0 Å². The molecule has 118 valence electrons. The lowest BCUT2D eigenvalue weighted by Gasteiger charge is -2.35. The van der Waals surface area contributed by atoms with Crippen molar-refractivity contribution < 1.29 is 4.79 Å². The monoisotopic (exact) mass is 309 g/mol. The first-order valence-corrected chi connectivity index (χ1v) is 8.45. The van der Waals surface area contributed by atoms with Crippen LogP contribution in [-0.2, 0) is 4.79 Å². The molecule has 0 saturated carbocycles. The van der Waals surface area contributed by atoms with Crippen molar-refractivity contribution in [3.8, 4) is 0 Å². The number of hydrogen-bond donors (Lipinski definition) is 1. The number of nitrogens with zero attached hydrogens (tertiary/aromatic N) is 2. The smallest absolute Gasteiger partial charge is 0.238 e. The summed E-state index contributed by atoms with van der Waals surface area (Å²) >= 11 is 1.78. The van der Waals surface area contributed by atoms with Gasteiger partial charge in [0.1, 0.15) is 6.17 Å². The minimum atomic E-state index is 0.0416. The maximum atomic E-state index is 12.4. The molecule has 2 atom stereocenters. The van der Waals surface area contributed by atoms with Gasteiger partial charge in [0.25, 0.3) is 0 Å². The van der Waals surface area contributed by atoms with Gasteiger partial charge in [0.2, 0.25) is 5.91 Å². The van der Waals surface area contributed by atoms with E-state index in [0.29, 0.717) is 12.5 Å². The highest BCUT2D eigenvalue weighted by Crippen LogP contribution is 2.31. The molecule has 2 heterocycles. The first kappa shape index (κ1) is 16.5. The molecule has 0 radical (unpaired) electrons. The van der Waals surface area contributed by atoms with Crippen molar-refractivity contribution in [2.75, 3.05) is 27.2 Å². The van der Waals surface area contributed by atoms with Crippen molar-refractivity contribution >= 4 is 17.2 Å². The Hall–Kier alpha value is -0.910. The van der Waals surface area contributed by atoms with Crippen LogP contribution in [0.5, 0.6) is 0 Å². The zero-order chi connectivity index (χ0) is 15.6. The number of hydrogen-bond acceptors (Lipinski definition) is 4. The Morgan fingerprint density at radius 2 is 2.14 bits per heavy atom. The van der Waals surface area contributed by atoms with Gasteiger partial charge in [-0.1, -0.05) is 13.8 Å². The summed E-state index contributed by atoms with van der Waals surface area (Å²) in [7, 11) is 4.15. The Balaban J connectivity index is 2.23. The van der Waals surface area contributed by atoms with Crippen molar-refractivity contribution in [1.82, 2.24) is 15.1 Å². The van der Waals surface area contributed by atoms with Crippen molar-refractivity contribution in [3.63, 3.8) is 0 Å². The van der Waals surface area contributed by atoms with E-state index >= 15 is 0 Å². The molecule has 1 saturated heterocycles. The lowest BCUT2D eigenvalue weighted by Crippen LogP contribution is -2.45. The van der Waals surface area contributed by atoms with Gasteiger partial charge in [-0.3, -0.25) is 10.1 Å². The van der Waals surface area contributed by atoms with Crippen LogP contribution >= 0.6 is 11.3 Å². The number of amides is 1. The van der Waals surface area contributed by atoms with Crippen LogP contribution in [0.15, 0.2) is 12.1 Å². The molecule has 1 N–H and O–H groups in total. The summed E-state index contributed by atoms with van der Waals surface area (Å²) in [6.07, 6.45) is 1.08. The molecule has 2 unspecified atom stereocenters. The standard InChI is InChI=1S/C16H27N3OS/c1-11(2)8-13(10-18(4)5)19-15(20)9-17-16(19)14-7-6-12(3)21-14/h6-7,11,13,16-17H,8-10H2,1-5H3. The van der Waals surface area contributed by atoms with Crippen LogP contribution < -0.4 is 5.32 Å². The van der Waals surface area contributed by atoms with E-state index in [1.54, 1.807) is 11.3 Å². The minimum absolute atomic E-state index is 0.0416. The molecule has 1 amide bonds. The topological polar surface area (TPSA) is 35.6 Å². The van der Waals surface area contributed by atoms with Gasteiger partial charge in [-0.15, -0.1) is 11.3 Å². The Morgan fingerprint density at radius 3 is 2.67 bits per heavy atom. The van der Waals surface area contributed by atoms with Crippen LogP contribution in [0.3, 0.4) is 0 Å². The lowest BCUT2D eigenvalue weighted by molar-refractivity contribution is -0.131. The molecule has 0 aliphatic carbocycles. The predicted molar refractivity (Wildman–Crippen MR) is 88.4 cm³/mol. The average Bonchev–Trinajstić information content (AvgIpc) is 2.93. The summed E-state index contributed by atoms with van der Waals surface area (Å²) in [6, 6.07) is 4.53. The molecule has 5 heteroatoms. The van der Waals surface area contributed by atoms with Gasteiger partial charge in [0.05, 0.1) is 6.54 Å². The molecule has 4 nitrogen and oxygen atoms in total. The van der Waals surface area contributed by atoms with E-state index in [4.69, 9.17) is 0 Å². The van der Waals surface area contributed by atoms with E-state index in [1.807, 2.05) is 0 Å². The molecule has 1 aliphatic rings. The van der Waals surface area contributed by atoms with Crippen molar-refractivity contribution in [1.29, 1.82) is 0 Å². The fourth-order valence-corrected chi connectivity index (χ4v) is 3.96. The van der Waals surface area contributed by atoms with Crippen LogP contribution in [0.25, 0.3) is 0 Å². The summed E-state index contributed by atoms with van der Waals surface area (Å²) in [5, 5.41) is 3.38. The van der Waals surface area contributed by atoms with Gasteiger partial charge in [-0.05, 0) is 45.5 Å². The van der Waals surface area contributed by atoms with E-state index in [9.17, 15) is 4.79 Å². The molecule has 21 heavy (non-hydrogen) atoms. The van der Waals surface area contributed by atoms with E-state index < -0.39 is 0 Å². The molecule has 0 spiro atoms. The summed E-state index contributed by atoms with van der Waals surface area (Å²) < 4.78 is 0. The SMILES string of the molecule is Cc1ccc(C2NCC(=O)N2C(CC(C)C)CN(C)C)s1. The average molecular weight is 309 g/mol. The van der Waals surface area contributed by atoms with E-state index in [-0.39, 0.29) is 18.1 Å². The highest BCUT2D eigenvalue weighted by Gasteiger charge is 2.37. The van der Waals surface area contributed by atoms with Crippen LogP contribution in [-0.4, -0.2) is 48.9 Å². The fraction of sp³-hybridized carbons (Fsp3) is 0.688. The molecule has 1 fully saturated rings. The van der Waals surface area contributed by atoms with Crippen molar-refractivity contribution in [2.45, 2.75) is 39.4 Å². The second-order valence-electron chi connectivity index (χ2n) is 6.58. The number of rotatable bonds is 6. The summed E-state index contributed by atoms with van der Waals surface area (Å²) in [4.78, 5) is 19.2. The highest BCUT2D eigenvalue weighted by atomic mass is 32.1.